The van der Waals surface area contributed by atoms with Crippen LogP contribution in [0.3, 0.4) is 0 Å². The Balaban J connectivity index is 2.86. The Labute approximate surface area is 119 Å². The minimum Gasteiger partial charge on any atom is -0.481 e. The average molecular weight is 279 g/mol. The van der Waals surface area contributed by atoms with Gasteiger partial charge in [0.2, 0.25) is 0 Å². The van der Waals surface area contributed by atoms with Crippen molar-refractivity contribution in [3.63, 3.8) is 0 Å². The molecule has 0 radical (unpaired) electrons. The first-order valence-electron chi connectivity index (χ1n) is 6.49. The maximum Gasteiger partial charge on any atom is 0.305 e. The molecule has 0 unspecified atom stereocenters. The fourth-order valence-electron chi connectivity index (χ4n) is 1.75. The van der Waals surface area contributed by atoms with E-state index in [1.165, 1.54) is 6.20 Å². The molecule has 0 atom stereocenters. The Bertz CT molecular complexity index is 469. The largest absolute Gasteiger partial charge is 0.481 e. The number of carbonyl (C=O) groups excluding carboxylic acids is 1. The van der Waals surface area contributed by atoms with E-state index >= 15 is 0 Å². The lowest BCUT2D eigenvalue weighted by Gasteiger charge is -2.26. The highest BCUT2D eigenvalue weighted by atomic mass is 16.4. The highest BCUT2D eigenvalue weighted by Gasteiger charge is 2.19. The van der Waals surface area contributed by atoms with Gasteiger partial charge in [-0.3, -0.25) is 9.59 Å². The van der Waals surface area contributed by atoms with Crippen molar-refractivity contribution in [2.45, 2.75) is 26.3 Å². The van der Waals surface area contributed by atoms with Gasteiger partial charge in [-0.05, 0) is 26.0 Å². The van der Waals surface area contributed by atoms with Crippen molar-refractivity contribution >= 4 is 17.7 Å². The molecule has 1 aromatic rings. The first kappa shape index (κ1) is 15.9. The summed E-state index contributed by atoms with van der Waals surface area (Å²) in [6, 6.07) is 3.42. The maximum atomic E-state index is 12.4. The van der Waals surface area contributed by atoms with Crippen LogP contribution in [-0.4, -0.2) is 53.5 Å². The van der Waals surface area contributed by atoms with E-state index in [1.807, 2.05) is 32.8 Å². The molecule has 0 spiro atoms. The van der Waals surface area contributed by atoms with E-state index < -0.39 is 5.97 Å². The Morgan fingerprint density at radius 3 is 2.35 bits per heavy atom. The molecule has 0 aliphatic rings. The van der Waals surface area contributed by atoms with Crippen molar-refractivity contribution < 1.29 is 14.7 Å². The van der Waals surface area contributed by atoms with Gasteiger partial charge in [-0.25, -0.2) is 4.98 Å². The molecule has 1 aromatic heterocycles. The van der Waals surface area contributed by atoms with Gasteiger partial charge in [0.05, 0.1) is 12.0 Å². The van der Waals surface area contributed by atoms with Gasteiger partial charge in [0.1, 0.15) is 5.82 Å². The molecular formula is C14H21N3O3. The average Bonchev–Trinajstić information content (AvgIpc) is 2.38. The zero-order valence-corrected chi connectivity index (χ0v) is 12.3. The summed E-state index contributed by atoms with van der Waals surface area (Å²) in [6.07, 6.45) is 1.46. The normalized spacial score (nSPS) is 10.4. The number of hydrogen-bond acceptors (Lipinski definition) is 4. The molecule has 0 aromatic carbocycles. The van der Waals surface area contributed by atoms with Crippen LogP contribution in [0.2, 0.25) is 0 Å². The number of carbonyl (C=O) groups is 2. The summed E-state index contributed by atoms with van der Waals surface area (Å²) in [5.74, 6) is -0.341. The summed E-state index contributed by atoms with van der Waals surface area (Å²) in [5, 5.41) is 8.74. The number of carboxylic acids is 1. The van der Waals surface area contributed by atoms with Crippen LogP contribution in [0.5, 0.6) is 0 Å². The van der Waals surface area contributed by atoms with E-state index in [2.05, 4.69) is 4.98 Å². The molecule has 20 heavy (non-hydrogen) atoms. The lowest BCUT2D eigenvalue weighted by atomic mass is 10.2. The van der Waals surface area contributed by atoms with Gasteiger partial charge >= 0.3 is 5.97 Å². The second kappa shape index (κ2) is 6.88. The molecule has 0 saturated carbocycles. The quantitative estimate of drug-likeness (QED) is 0.853. The van der Waals surface area contributed by atoms with Gasteiger partial charge in [0.25, 0.3) is 5.91 Å². The topological polar surface area (TPSA) is 73.7 Å². The number of amides is 1. The van der Waals surface area contributed by atoms with Crippen molar-refractivity contribution in [1.29, 1.82) is 0 Å². The smallest absolute Gasteiger partial charge is 0.305 e. The van der Waals surface area contributed by atoms with E-state index in [0.717, 1.165) is 5.82 Å². The summed E-state index contributed by atoms with van der Waals surface area (Å²) in [4.78, 5) is 30.6. The molecule has 0 fully saturated rings. The van der Waals surface area contributed by atoms with Crippen LogP contribution < -0.4 is 4.90 Å². The van der Waals surface area contributed by atoms with Crippen molar-refractivity contribution in [3.05, 3.63) is 23.9 Å². The second-order valence-corrected chi connectivity index (χ2v) is 5.04. The summed E-state index contributed by atoms with van der Waals surface area (Å²) in [5.41, 5.74) is 0.467. The third-order valence-corrected chi connectivity index (χ3v) is 2.90. The van der Waals surface area contributed by atoms with Gasteiger partial charge in [-0.1, -0.05) is 0 Å². The van der Waals surface area contributed by atoms with Crippen LogP contribution in [0.15, 0.2) is 18.3 Å². The Kier molecular flexibility index (Phi) is 5.49. The van der Waals surface area contributed by atoms with Gasteiger partial charge in [-0.2, -0.15) is 0 Å². The number of rotatable bonds is 6. The number of pyridine rings is 1. The third-order valence-electron chi connectivity index (χ3n) is 2.90. The zero-order chi connectivity index (χ0) is 15.3. The molecule has 0 saturated heterocycles. The molecule has 6 heteroatoms. The van der Waals surface area contributed by atoms with Crippen LogP contribution in [0.1, 0.15) is 30.6 Å². The van der Waals surface area contributed by atoms with E-state index in [1.54, 1.807) is 17.0 Å². The number of hydrogen-bond donors (Lipinski definition) is 1. The molecule has 1 heterocycles. The third kappa shape index (κ3) is 4.22. The predicted octanol–water partition coefficient (Wildman–Crippen LogP) is 1.47. The molecule has 1 rings (SSSR count). The molecule has 0 aliphatic carbocycles. The minimum atomic E-state index is -0.912. The number of aliphatic carboxylic acids is 1. The maximum absolute atomic E-state index is 12.4. The first-order chi connectivity index (χ1) is 9.32. The second-order valence-electron chi connectivity index (χ2n) is 5.04. The lowest BCUT2D eigenvalue weighted by molar-refractivity contribution is -0.137. The van der Waals surface area contributed by atoms with Crippen LogP contribution in [-0.2, 0) is 4.79 Å². The van der Waals surface area contributed by atoms with Crippen molar-refractivity contribution in [2.24, 2.45) is 0 Å². The van der Waals surface area contributed by atoms with Crippen LogP contribution >= 0.6 is 0 Å². The summed E-state index contributed by atoms with van der Waals surface area (Å²) in [7, 11) is 3.74. The Hall–Kier alpha value is -2.11. The summed E-state index contributed by atoms with van der Waals surface area (Å²) in [6.45, 7) is 3.92. The van der Waals surface area contributed by atoms with Gasteiger partial charge < -0.3 is 14.9 Å². The molecule has 0 aliphatic heterocycles. The summed E-state index contributed by atoms with van der Waals surface area (Å²) < 4.78 is 0. The molecule has 0 bridgehead atoms. The monoisotopic (exact) mass is 279 g/mol. The van der Waals surface area contributed by atoms with Crippen molar-refractivity contribution in [2.75, 3.05) is 25.5 Å². The number of carboxylic acid groups (broad SMARTS) is 1. The minimum absolute atomic E-state index is 0.0598. The van der Waals surface area contributed by atoms with Gasteiger partial charge in [0.15, 0.2) is 0 Å². The van der Waals surface area contributed by atoms with Crippen LogP contribution in [0.25, 0.3) is 0 Å². The lowest BCUT2D eigenvalue weighted by Crippen LogP contribution is -2.38. The standard InChI is InChI=1S/C14H21N3O3/c1-10(2)17(8-7-13(18)19)14(20)11-5-6-12(15-9-11)16(3)4/h5-6,9-10H,7-8H2,1-4H3,(H,18,19). The van der Waals surface area contributed by atoms with Crippen LogP contribution in [0, 0.1) is 0 Å². The van der Waals surface area contributed by atoms with E-state index in [9.17, 15) is 9.59 Å². The van der Waals surface area contributed by atoms with Gasteiger partial charge in [0, 0.05) is 32.9 Å². The van der Waals surface area contributed by atoms with Gasteiger partial charge in [-0.15, -0.1) is 0 Å². The van der Waals surface area contributed by atoms with Crippen molar-refractivity contribution in [3.8, 4) is 0 Å². The number of nitrogens with zero attached hydrogens (tertiary/aromatic N) is 3. The molecule has 110 valence electrons. The van der Waals surface area contributed by atoms with Crippen LogP contribution in [0.4, 0.5) is 5.82 Å². The molecule has 1 N–H and O–H groups in total. The van der Waals surface area contributed by atoms with Crippen molar-refractivity contribution in [1.82, 2.24) is 9.88 Å². The highest BCUT2D eigenvalue weighted by molar-refractivity contribution is 5.94. The zero-order valence-electron chi connectivity index (χ0n) is 12.3. The Morgan fingerprint density at radius 2 is 1.95 bits per heavy atom. The predicted molar refractivity (Wildman–Crippen MR) is 77.0 cm³/mol. The first-order valence-corrected chi connectivity index (χ1v) is 6.49. The van der Waals surface area contributed by atoms with E-state index in [-0.39, 0.29) is 24.9 Å². The fourth-order valence-corrected chi connectivity index (χ4v) is 1.75. The summed E-state index contributed by atoms with van der Waals surface area (Å²) >= 11 is 0. The number of aromatic nitrogens is 1. The Morgan fingerprint density at radius 1 is 1.30 bits per heavy atom. The van der Waals surface area contributed by atoms with E-state index in [4.69, 9.17) is 5.11 Å². The number of anilines is 1. The molecule has 1 amide bonds. The SMILES string of the molecule is CC(C)N(CCC(=O)O)C(=O)c1ccc(N(C)C)nc1. The molecule has 6 nitrogen and oxygen atoms in total. The highest BCUT2D eigenvalue weighted by Crippen LogP contribution is 2.12. The fraction of sp³-hybridized carbons (Fsp3) is 0.500. The molecular weight excluding hydrogens is 258 g/mol. The van der Waals surface area contributed by atoms with E-state index in [0.29, 0.717) is 5.56 Å².